The van der Waals surface area contributed by atoms with Crippen molar-refractivity contribution in [1.29, 1.82) is 0 Å². The monoisotopic (exact) mass is 387 g/mol. The summed E-state index contributed by atoms with van der Waals surface area (Å²) in [5, 5.41) is 32.6. The van der Waals surface area contributed by atoms with Gasteiger partial charge in [0.25, 0.3) is 0 Å². The molecule has 27 heavy (non-hydrogen) atoms. The molecule has 0 saturated carbocycles. The minimum absolute atomic E-state index is 0.229. The van der Waals surface area contributed by atoms with E-state index < -0.39 is 23.4 Å². The van der Waals surface area contributed by atoms with Crippen LogP contribution >= 0.6 is 0 Å². The van der Waals surface area contributed by atoms with E-state index in [1.54, 1.807) is 6.92 Å². The highest BCUT2D eigenvalue weighted by atomic mass is 16.6. The number of hydrogen-bond donors (Lipinski definition) is 3. The van der Waals surface area contributed by atoms with Crippen molar-refractivity contribution in [3.8, 4) is 0 Å². The highest BCUT2D eigenvalue weighted by molar-refractivity contribution is 5.72. The predicted molar refractivity (Wildman–Crippen MR) is 106 cm³/mol. The smallest absolute Gasteiger partial charge is 0.309 e. The van der Waals surface area contributed by atoms with Crippen molar-refractivity contribution in [1.82, 2.24) is 4.90 Å². The molecule has 0 radical (unpaired) electrons. The molecular formula is C21H41NO5. The number of nitrogens with zero attached hydrogens (tertiary/aromatic N) is 1. The number of likely N-dealkylation sites (N-methyl/N-ethyl adjacent to an activating group) is 1. The third kappa shape index (κ3) is 6.70. The predicted octanol–water partition coefficient (Wildman–Crippen LogP) is 2.34. The van der Waals surface area contributed by atoms with Crippen LogP contribution in [0.1, 0.15) is 73.6 Å². The molecular weight excluding hydrogens is 346 g/mol. The number of esters is 1. The van der Waals surface area contributed by atoms with Gasteiger partial charge in [0.15, 0.2) is 0 Å². The Morgan fingerprint density at radius 2 is 1.81 bits per heavy atom. The van der Waals surface area contributed by atoms with E-state index in [-0.39, 0.29) is 23.8 Å². The average molecular weight is 388 g/mol. The molecule has 7 atom stereocenters. The van der Waals surface area contributed by atoms with Gasteiger partial charge in [0.2, 0.25) is 0 Å². The van der Waals surface area contributed by atoms with Gasteiger partial charge in [-0.1, -0.05) is 20.8 Å². The van der Waals surface area contributed by atoms with Crippen LogP contribution in [-0.4, -0.2) is 69.2 Å². The quantitative estimate of drug-likeness (QED) is 0.598. The maximum Gasteiger partial charge on any atom is 0.309 e. The van der Waals surface area contributed by atoms with E-state index in [0.717, 1.165) is 6.42 Å². The van der Waals surface area contributed by atoms with Crippen molar-refractivity contribution in [2.24, 2.45) is 11.8 Å². The first-order chi connectivity index (χ1) is 12.3. The summed E-state index contributed by atoms with van der Waals surface area (Å²) >= 11 is 0. The number of carbonyl (C=O) groups is 1. The third-order valence-corrected chi connectivity index (χ3v) is 6.17. The lowest BCUT2D eigenvalue weighted by Crippen LogP contribution is -2.58. The van der Waals surface area contributed by atoms with Gasteiger partial charge in [-0.2, -0.15) is 0 Å². The fourth-order valence-electron chi connectivity index (χ4n) is 4.27. The summed E-state index contributed by atoms with van der Waals surface area (Å²) in [5.41, 5.74) is -2.34. The molecule has 1 aliphatic rings. The van der Waals surface area contributed by atoms with Gasteiger partial charge in [0, 0.05) is 12.6 Å². The summed E-state index contributed by atoms with van der Waals surface area (Å²) in [6.07, 6.45) is 1.21. The van der Waals surface area contributed by atoms with Gasteiger partial charge in [-0.15, -0.1) is 0 Å². The lowest BCUT2D eigenvalue weighted by molar-refractivity contribution is -0.189. The zero-order chi connectivity index (χ0) is 21.0. The van der Waals surface area contributed by atoms with Gasteiger partial charge in [-0.3, -0.25) is 4.79 Å². The lowest BCUT2D eigenvalue weighted by Gasteiger charge is -2.42. The van der Waals surface area contributed by atoms with Gasteiger partial charge in [0.1, 0.15) is 17.8 Å². The van der Waals surface area contributed by atoms with Gasteiger partial charge in [0.05, 0.1) is 11.5 Å². The highest BCUT2D eigenvalue weighted by Crippen LogP contribution is 2.29. The first-order valence-corrected chi connectivity index (χ1v) is 10.3. The zero-order valence-electron chi connectivity index (χ0n) is 18.2. The summed E-state index contributed by atoms with van der Waals surface area (Å²) < 4.78 is 5.60. The molecule has 6 heteroatoms. The van der Waals surface area contributed by atoms with Crippen molar-refractivity contribution < 1.29 is 24.9 Å². The molecule has 3 unspecified atom stereocenters. The second-order valence-corrected chi connectivity index (χ2v) is 9.28. The molecule has 0 aromatic carbocycles. The second-order valence-electron chi connectivity index (χ2n) is 9.28. The molecule has 1 heterocycles. The van der Waals surface area contributed by atoms with Gasteiger partial charge in [-0.25, -0.2) is 0 Å². The van der Waals surface area contributed by atoms with Crippen LogP contribution in [-0.2, 0) is 9.53 Å². The van der Waals surface area contributed by atoms with Gasteiger partial charge < -0.3 is 25.0 Å². The van der Waals surface area contributed by atoms with Crippen molar-refractivity contribution in [3.05, 3.63) is 0 Å². The summed E-state index contributed by atoms with van der Waals surface area (Å²) in [5.74, 6) is -0.448. The number of hydrogen-bond acceptors (Lipinski definition) is 6. The Morgan fingerprint density at radius 3 is 2.37 bits per heavy atom. The maximum absolute atomic E-state index is 12.5. The molecule has 1 saturated heterocycles. The lowest BCUT2D eigenvalue weighted by atomic mass is 9.85. The Morgan fingerprint density at radius 1 is 1.22 bits per heavy atom. The van der Waals surface area contributed by atoms with E-state index >= 15 is 0 Å². The molecule has 6 nitrogen and oxygen atoms in total. The molecule has 1 rings (SSSR count). The summed E-state index contributed by atoms with van der Waals surface area (Å²) in [6.45, 7) is 11.7. The highest BCUT2D eigenvalue weighted by Gasteiger charge is 2.44. The van der Waals surface area contributed by atoms with E-state index in [0.29, 0.717) is 32.2 Å². The van der Waals surface area contributed by atoms with Crippen LogP contribution in [0, 0.1) is 11.8 Å². The topological polar surface area (TPSA) is 90.2 Å². The van der Waals surface area contributed by atoms with Crippen LogP contribution in [0.15, 0.2) is 0 Å². The average Bonchev–Trinajstić information content (AvgIpc) is 2.55. The van der Waals surface area contributed by atoms with Crippen LogP contribution in [0.5, 0.6) is 0 Å². The molecule has 3 N–H and O–H groups in total. The van der Waals surface area contributed by atoms with Crippen LogP contribution in [0.2, 0.25) is 0 Å². The first-order valence-electron chi connectivity index (χ1n) is 10.3. The van der Waals surface area contributed by atoms with E-state index in [4.69, 9.17) is 4.74 Å². The molecule has 0 aromatic heterocycles. The Kier molecular flexibility index (Phi) is 8.73. The zero-order valence-corrected chi connectivity index (χ0v) is 18.2. The van der Waals surface area contributed by atoms with Crippen molar-refractivity contribution in [2.75, 3.05) is 13.6 Å². The molecule has 0 amide bonds. The number of aliphatic hydroxyl groups is 3. The number of ether oxygens (including phenoxy) is 1. The molecule has 0 aliphatic carbocycles. The number of aliphatic hydroxyl groups excluding tert-OH is 1. The Hall–Kier alpha value is -0.690. The molecule has 0 bridgehead atoms. The third-order valence-electron chi connectivity index (χ3n) is 6.17. The second kappa shape index (κ2) is 9.68. The number of carbonyl (C=O) groups excluding carboxylic acids is 1. The van der Waals surface area contributed by atoms with Crippen LogP contribution in [0.3, 0.4) is 0 Å². The fourth-order valence-corrected chi connectivity index (χ4v) is 4.27. The normalized spacial score (nSPS) is 44.2. The molecule has 1 aliphatic heterocycles. The minimum atomic E-state index is -1.55. The fraction of sp³-hybridized carbons (Fsp3) is 0.952. The summed E-state index contributed by atoms with van der Waals surface area (Å²) in [4.78, 5) is 14.5. The summed E-state index contributed by atoms with van der Waals surface area (Å²) in [6, 6.07) is -0.331. The van der Waals surface area contributed by atoms with Crippen molar-refractivity contribution in [3.63, 3.8) is 0 Å². The Labute approximate surface area is 164 Å². The maximum atomic E-state index is 12.5. The van der Waals surface area contributed by atoms with Gasteiger partial charge in [-0.05, 0) is 65.8 Å². The van der Waals surface area contributed by atoms with Crippen molar-refractivity contribution in [2.45, 2.75) is 103 Å². The first kappa shape index (κ1) is 24.3. The molecule has 1 fully saturated rings. The van der Waals surface area contributed by atoms with E-state index in [2.05, 4.69) is 6.92 Å². The van der Waals surface area contributed by atoms with E-state index in [1.165, 1.54) is 0 Å². The Balaban J connectivity index is 3.12. The van der Waals surface area contributed by atoms with Crippen molar-refractivity contribution >= 4 is 5.97 Å². The van der Waals surface area contributed by atoms with E-state index in [1.807, 2.05) is 39.6 Å². The largest absolute Gasteiger partial charge is 0.459 e. The van der Waals surface area contributed by atoms with Crippen LogP contribution < -0.4 is 0 Å². The van der Waals surface area contributed by atoms with E-state index in [9.17, 15) is 20.1 Å². The molecule has 160 valence electrons. The molecule has 0 aromatic rings. The Bertz CT molecular complexity index is 479. The number of cyclic esters (lactones) is 1. The standard InChI is InChI=1S/C21H41NO5/c1-8-17-21(6,26)18(23)16(4)22(7)13-14(2)12-20(5,25)11-9-10-15(3)19(24)27-17/h14-18,23,25-26H,8-13H2,1-7H3/t14-,15+,16?,17-,18?,20-,21?/m0/s1. The minimum Gasteiger partial charge on any atom is -0.459 e. The van der Waals surface area contributed by atoms with Gasteiger partial charge >= 0.3 is 5.97 Å². The van der Waals surface area contributed by atoms with Crippen LogP contribution in [0.25, 0.3) is 0 Å². The molecule has 0 spiro atoms. The number of rotatable bonds is 1. The van der Waals surface area contributed by atoms with Crippen LogP contribution in [0.4, 0.5) is 0 Å². The SMILES string of the molecule is CC[C@@H]1OC(=O)[C@H](C)CCC[C@](C)(O)C[C@H](C)CN(C)C(C)C(O)C1(C)O. The summed E-state index contributed by atoms with van der Waals surface area (Å²) in [7, 11) is 1.91.